The third-order valence-corrected chi connectivity index (χ3v) is 9.13. The first-order valence-electron chi connectivity index (χ1n) is 9.55. The van der Waals surface area contributed by atoms with Gasteiger partial charge in [-0.2, -0.15) is 11.8 Å². The number of Topliss-reactive ketones (excluding diaryl/α,β-unsaturated/α-hetero) is 2. The summed E-state index contributed by atoms with van der Waals surface area (Å²) in [6.45, 7) is 2.26. The molecule has 4 aliphatic rings. The molecule has 6 atom stereocenters. The van der Waals surface area contributed by atoms with E-state index >= 15 is 0 Å². The summed E-state index contributed by atoms with van der Waals surface area (Å²) in [6, 6.07) is 0. The zero-order valence-corrected chi connectivity index (χ0v) is 15.4. The molecule has 0 bridgehead atoms. The number of carbonyl (C=O) groups excluding carboxylic acids is 2. The molecular weight excluding hydrogens is 304 g/mol. The van der Waals surface area contributed by atoms with Gasteiger partial charge in [0.15, 0.2) is 0 Å². The molecule has 23 heavy (non-hydrogen) atoms. The first-order valence-corrected chi connectivity index (χ1v) is 10.9. The average molecular weight is 335 g/mol. The van der Waals surface area contributed by atoms with Gasteiger partial charge in [-0.3, -0.25) is 9.59 Å². The van der Waals surface area contributed by atoms with Crippen molar-refractivity contribution in [2.24, 2.45) is 34.5 Å². The summed E-state index contributed by atoms with van der Waals surface area (Å²) in [5.41, 5.74) is 0.377. The van der Waals surface area contributed by atoms with Crippen molar-refractivity contribution in [2.75, 3.05) is 12.0 Å². The maximum atomic E-state index is 12.5. The van der Waals surface area contributed by atoms with Crippen LogP contribution in [0, 0.1) is 34.5 Å². The minimum absolute atomic E-state index is 0.0148. The van der Waals surface area contributed by atoms with E-state index in [1.807, 2.05) is 11.8 Å². The van der Waals surface area contributed by atoms with Crippen LogP contribution in [-0.2, 0) is 9.59 Å². The fraction of sp³-hybridized carbons (Fsp3) is 0.900. The molecule has 0 N–H and O–H groups in total. The Morgan fingerprint density at radius 1 is 1.04 bits per heavy atom. The van der Waals surface area contributed by atoms with Crippen molar-refractivity contribution in [3.8, 4) is 0 Å². The Labute approximate surface area is 144 Å². The summed E-state index contributed by atoms with van der Waals surface area (Å²) in [5.74, 6) is 5.04. The van der Waals surface area contributed by atoms with Gasteiger partial charge in [-0.05, 0) is 79.6 Å². The van der Waals surface area contributed by atoms with Crippen molar-refractivity contribution in [2.45, 2.75) is 64.7 Å². The second kappa shape index (κ2) is 5.61. The largest absolute Gasteiger partial charge is 0.300 e. The Morgan fingerprint density at radius 3 is 2.65 bits per heavy atom. The normalized spacial score (nSPS) is 49.5. The van der Waals surface area contributed by atoms with E-state index in [0.29, 0.717) is 28.8 Å². The lowest BCUT2D eigenvalue weighted by molar-refractivity contribution is -0.143. The van der Waals surface area contributed by atoms with Gasteiger partial charge in [0.1, 0.15) is 11.6 Å². The second-order valence-electron chi connectivity index (χ2n) is 8.98. The average Bonchev–Trinajstić information content (AvgIpc) is 2.84. The Balaban J connectivity index is 1.68. The predicted molar refractivity (Wildman–Crippen MR) is 94.4 cm³/mol. The summed E-state index contributed by atoms with van der Waals surface area (Å²) in [6.07, 6.45) is 11.8. The first kappa shape index (κ1) is 16.2. The van der Waals surface area contributed by atoms with Crippen LogP contribution in [0.25, 0.3) is 0 Å². The maximum absolute atomic E-state index is 12.5. The molecule has 4 fully saturated rings. The summed E-state index contributed by atoms with van der Waals surface area (Å²) >= 11 is 1.99. The van der Waals surface area contributed by atoms with Gasteiger partial charge >= 0.3 is 0 Å². The van der Waals surface area contributed by atoms with Crippen molar-refractivity contribution in [3.05, 3.63) is 0 Å². The van der Waals surface area contributed by atoms with Gasteiger partial charge in [0.25, 0.3) is 0 Å². The Kier molecular flexibility index (Phi) is 3.94. The molecule has 0 amide bonds. The van der Waals surface area contributed by atoms with Gasteiger partial charge in [0, 0.05) is 24.7 Å². The molecule has 4 rings (SSSR count). The molecule has 0 heterocycles. The molecule has 0 aromatic rings. The highest BCUT2D eigenvalue weighted by molar-refractivity contribution is 7.98. The zero-order chi connectivity index (χ0) is 16.2. The van der Waals surface area contributed by atoms with Crippen molar-refractivity contribution >= 4 is 23.3 Å². The lowest BCUT2D eigenvalue weighted by atomic mass is 9.45. The molecule has 3 heteroatoms. The quantitative estimate of drug-likeness (QED) is 0.745. The molecule has 4 saturated carbocycles. The van der Waals surface area contributed by atoms with Gasteiger partial charge in [-0.15, -0.1) is 0 Å². The zero-order valence-electron chi connectivity index (χ0n) is 14.6. The van der Waals surface area contributed by atoms with E-state index in [1.54, 1.807) is 0 Å². The molecule has 2 nitrogen and oxygen atoms in total. The third kappa shape index (κ3) is 2.21. The van der Waals surface area contributed by atoms with Gasteiger partial charge in [0.05, 0.1) is 0 Å². The standard InChI is InChI=1S/C20H30O2S/c1-19-9-8-17-15(16(19)5-6-18(19)22)4-3-13-11-14(21)7-10-20(13,17)12-23-2/h13,15-17H,3-12H2,1-2H3/t13?,15-,16-,17+,19-,20+/m0/s1. The van der Waals surface area contributed by atoms with Crippen LogP contribution >= 0.6 is 11.8 Å². The smallest absolute Gasteiger partial charge is 0.139 e. The van der Waals surface area contributed by atoms with Gasteiger partial charge < -0.3 is 0 Å². The molecular formula is C20H30O2S. The number of carbonyl (C=O) groups is 2. The van der Waals surface area contributed by atoms with E-state index in [2.05, 4.69) is 13.2 Å². The first-order chi connectivity index (χ1) is 11.0. The number of ketones is 2. The number of rotatable bonds is 2. The summed E-state index contributed by atoms with van der Waals surface area (Å²) in [5, 5.41) is 0. The number of thioether (sulfide) groups is 1. The van der Waals surface area contributed by atoms with Crippen LogP contribution in [-0.4, -0.2) is 23.6 Å². The monoisotopic (exact) mass is 334 g/mol. The molecule has 4 aliphatic carbocycles. The molecule has 0 saturated heterocycles. The molecule has 0 aromatic heterocycles. The van der Waals surface area contributed by atoms with Crippen molar-refractivity contribution < 1.29 is 9.59 Å². The van der Waals surface area contributed by atoms with E-state index in [1.165, 1.54) is 25.0 Å². The van der Waals surface area contributed by atoms with Crippen LogP contribution in [0.2, 0.25) is 0 Å². The van der Waals surface area contributed by atoms with Crippen LogP contribution in [0.4, 0.5) is 0 Å². The maximum Gasteiger partial charge on any atom is 0.139 e. The lowest BCUT2D eigenvalue weighted by Gasteiger charge is -2.60. The van der Waals surface area contributed by atoms with E-state index < -0.39 is 0 Å². The van der Waals surface area contributed by atoms with Crippen molar-refractivity contribution in [1.29, 1.82) is 0 Å². The van der Waals surface area contributed by atoms with Gasteiger partial charge in [-0.25, -0.2) is 0 Å². The summed E-state index contributed by atoms with van der Waals surface area (Å²) < 4.78 is 0. The van der Waals surface area contributed by atoms with Gasteiger partial charge in [0.2, 0.25) is 0 Å². The van der Waals surface area contributed by atoms with Crippen LogP contribution in [0.5, 0.6) is 0 Å². The van der Waals surface area contributed by atoms with E-state index in [-0.39, 0.29) is 5.41 Å². The van der Waals surface area contributed by atoms with Crippen LogP contribution < -0.4 is 0 Å². The summed E-state index contributed by atoms with van der Waals surface area (Å²) in [7, 11) is 0. The number of fused-ring (bicyclic) bond motifs is 5. The SMILES string of the molecule is CSC[C@]12CCC(=O)CC1CC[C@@H]1[C@H]2CC[C@]2(C)C(=O)CC[C@@H]12. The fourth-order valence-corrected chi connectivity index (χ4v) is 8.30. The highest BCUT2D eigenvalue weighted by atomic mass is 32.2. The Bertz CT molecular complexity index is 530. The van der Waals surface area contributed by atoms with Crippen molar-refractivity contribution in [3.63, 3.8) is 0 Å². The van der Waals surface area contributed by atoms with E-state index in [0.717, 1.165) is 50.4 Å². The Hall–Kier alpha value is -0.310. The third-order valence-electron chi connectivity index (χ3n) is 8.30. The summed E-state index contributed by atoms with van der Waals surface area (Å²) in [4.78, 5) is 24.5. The predicted octanol–water partition coefficient (Wildman–Crippen LogP) is 4.51. The van der Waals surface area contributed by atoms with Gasteiger partial charge in [-0.1, -0.05) is 6.92 Å². The number of hydrogen-bond acceptors (Lipinski definition) is 3. The van der Waals surface area contributed by atoms with Crippen LogP contribution in [0.3, 0.4) is 0 Å². The topological polar surface area (TPSA) is 34.1 Å². The molecule has 128 valence electrons. The molecule has 0 radical (unpaired) electrons. The van der Waals surface area contributed by atoms with E-state index in [4.69, 9.17) is 0 Å². The lowest BCUT2D eigenvalue weighted by Crippen LogP contribution is -2.55. The van der Waals surface area contributed by atoms with Crippen LogP contribution in [0.1, 0.15) is 64.7 Å². The van der Waals surface area contributed by atoms with E-state index in [9.17, 15) is 9.59 Å². The molecule has 0 aromatic carbocycles. The molecule has 0 aliphatic heterocycles. The molecule has 1 unspecified atom stereocenters. The fourth-order valence-electron chi connectivity index (χ4n) is 7.17. The number of hydrogen-bond donors (Lipinski definition) is 0. The minimum Gasteiger partial charge on any atom is -0.300 e. The highest BCUT2D eigenvalue weighted by Crippen LogP contribution is 2.65. The Morgan fingerprint density at radius 2 is 1.87 bits per heavy atom. The van der Waals surface area contributed by atoms with Crippen LogP contribution in [0.15, 0.2) is 0 Å². The second-order valence-corrected chi connectivity index (χ2v) is 9.84. The minimum atomic E-state index is -0.0148. The highest BCUT2D eigenvalue weighted by Gasteiger charge is 2.61. The van der Waals surface area contributed by atoms with Crippen molar-refractivity contribution in [1.82, 2.24) is 0 Å². The molecule has 0 spiro atoms.